The lowest BCUT2D eigenvalue weighted by molar-refractivity contribution is 0.0636. The summed E-state index contributed by atoms with van der Waals surface area (Å²) in [5, 5.41) is 4.68. The SMILES string of the molecule is Cc1ccc(-c2nn(-c3ccccc3)cc2C(=O)N2CCCCC2C)o1. The fourth-order valence-corrected chi connectivity index (χ4v) is 3.54. The van der Waals surface area contributed by atoms with Gasteiger partial charge < -0.3 is 9.32 Å². The second kappa shape index (κ2) is 6.83. The van der Waals surface area contributed by atoms with Gasteiger partial charge in [0.1, 0.15) is 11.5 Å². The third-order valence-corrected chi connectivity index (χ3v) is 5.00. The lowest BCUT2D eigenvalue weighted by Gasteiger charge is -2.33. The predicted octanol–water partition coefficient (Wildman–Crippen LogP) is 4.46. The number of benzene rings is 1. The van der Waals surface area contributed by atoms with E-state index in [1.165, 1.54) is 6.42 Å². The monoisotopic (exact) mass is 349 g/mol. The molecule has 1 saturated heterocycles. The normalized spacial score (nSPS) is 17.5. The van der Waals surface area contributed by atoms with Gasteiger partial charge in [0.2, 0.25) is 0 Å². The van der Waals surface area contributed by atoms with Crippen LogP contribution in [0.4, 0.5) is 0 Å². The third kappa shape index (κ3) is 3.05. The van der Waals surface area contributed by atoms with Crippen LogP contribution in [0.2, 0.25) is 0 Å². The second-order valence-electron chi connectivity index (χ2n) is 6.93. The van der Waals surface area contributed by atoms with Gasteiger partial charge in [-0.2, -0.15) is 5.10 Å². The van der Waals surface area contributed by atoms with Gasteiger partial charge in [-0.05, 0) is 57.4 Å². The van der Waals surface area contributed by atoms with Gasteiger partial charge >= 0.3 is 0 Å². The zero-order chi connectivity index (χ0) is 18.1. The van der Waals surface area contributed by atoms with E-state index in [1.807, 2.05) is 60.5 Å². The van der Waals surface area contributed by atoms with Crippen LogP contribution in [0, 0.1) is 6.92 Å². The average Bonchev–Trinajstić information content (AvgIpc) is 3.29. The summed E-state index contributed by atoms with van der Waals surface area (Å²) < 4.78 is 7.54. The quantitative estimate of drug-likeness (QED) is 0.702. The summed E-state index contributed by atoms with van der Waals surface area (Å²) in [5.41, 5.74) is 2.12. The highest BCUT2D eigenvalue weighted by Crippen LogP contribution is 2.28. The fraction of sp³-hybridized carbons (Fsp3) is 0.333. The van der Waals surface area contributed by atoms with Crippen LogP contribution < -0.4 is 0 Å². The van der Waals surface area contributed by atoms with Crippen LogP contribution in [0.5, 0.6) is 0 Å². The molecule has 1 aromatic carbocycles. The number of aromatic nitrogens is 2. The maximum atomic E-state index is 13.3. The van der Waals surface area contributed by atoms with Gasteiger partial charge in [-0.3, -0.25) is 4.79 Å². The van der Waals surface area contributed by atoms with Crippen molar-refractivity contribution in [3.05, 3.63) is 60.0 Å². The Bertz CT molecular complexity index is 910. The highest BCUT2D eigenvalue weighted by atomic mass is 16.3. The number of nitrogens with zero attached hydrogens (tertiary/aromatic N) is 3. The van der Waals surface area contributed by atoms with E-state index in [4.69, 9.17) is 4.42 Å². The Morgan fingerprint density at radius 3 is 2.65 bits per heavy atom. The van der Waals surface area contributed by atoms with E-state index in [-0.39, 0.29) is 11.9 Å². The smallest absolute Gasteiger partial charge is 0.258 e. The molecule has 2 aromatic heterocycles. The molecule has 4 rings (SSSR count). The van der Waals surface area contributed by atoms with Crippen molar-refractivity contribution in [2.24, 2.45) is 0 Å². The van der Waals surface area contributed by atoms with Crippen LogP contribution >= 0.6 is 0 Å². The molecule has 1 aliphatic heterocycles. The van der Waals surface area contributed by atoms with Crippen LogP contribution in [0.1, 0.15) is 42.3 Å². The molecule has 0 bridgehead atoms. The molecular formula is C21H23N3O2. The van der Waals surface area contributed by atoms with Crippen molar-refractivity contribution in [2.75, 3.05) is 6.54 Å². The highest BCUT2D eigenvalue weighted by molar-refractivity contribution is 5.99. The first kappa shape index (κ1) is 16.6. The Hall–Kier alpha value is -2.82. The number of carbonyl (C=O) groups is 1. The molecule has 1 amide bonds. The van der Waals surface area contributed by atoms with Crippen LogP contribution in [0.25, 0.3) is 17.1 Å². The molecule has 0 saturated carbocycles. The number of carbonyl (C=O) groups excluding carboxylic acids is 1. The molecule has 26 heavy (non-hydrogen) atoms. The fourth-order valence-electron chi connectivity index (χ4n) is 3.54. The molecule has 3 aromatic rings. The maximum Gasteiger partial charge on any atom is 0.258 e. The van der Waals surface area contributed by atoms with Gasteiger partial charge in [-0.25, -0.2) is 4.68 Å². The molecule has 0 spiro atoms. The van der Waals surface area contributed by atoms with Crippen molar-refractivity contribution in [3.8, 4) is 17.1 Å². The molecule has 5 heteroatoms. The number of likely N-dealkylation sites (tertiary alicyclic amines) is 1. The topological polar surface area (TPSA) is 51.3 Å². The summed E-state index contributed by atoms with van der Waals surface area (Å²) in [5.74, 6) is 1.47. The first-order valence-electron chi connectivity index (χ1n) is 9.16. The summed E-state index contributed by atoms with van der Waals surface area (Å²) in [6.45, 7) is 4.81. The Labute approximate surface area is 153 Å². The number of furan rings is 1. The van der Waals surface area contributed by atoms with Gasteiger partial charge in [0.05, 0.1) is 11.3 Å². The number of para-hydroxylation sites is 1. The molecular weight excluding hydrogens is 326 g/mol. The maximum absolute atomic E-state index is 13.3. The Balaban J connectivity index is 1.79. The summed E-state index contributed by atoms with van der Waals surface area (Å²) >= 11 is 0. The molecule has 1 aliphatic rings. The molecule has 0 radical (unpaired) electrons. The summed E-state index contributed by atoms with van der Waals surface area (Å²) in [4.78, 5) is 15.3. The van der Waals surface area contributed by atoms with Gasteiger partial charge in [-0.15, -0.1) is 0 Å². The van der Waals surface area contributed by atoms with Crippen LogP contribution in [0.3, 0.4) is 0 Å². The van der Waals surface area contributed by atoms with E-state index in [0.717, 1.165) is 30.8 Å². The van der Waals surface area contributed by atoms with Crippen molar-refractivity contribution >= 4 is 5.91 Å². The van der Waals surface area contributed by atoms with E-state index in [2.05, 4.69) is 12.0 Å². The van der Waals surface area contributed by atoms with E-state index in [0.29, 0.717) is 17.0 Å². The van der Waals surface area contributed by atoms with Crippen molar-refractivity contribution in [2.45, 2.75) is 39.2 Å². The molecule has 1 fully saturated rings. The van der Waals surface area contributed by atoms with Crippen molar-refractivity contribution in [3.63, 3.8) is 0 Å². The Morgan fingerprint density at radius 1 is 1.15 bits per heavy atom. The molecule has 1 atom stereocenters. The van der Waals surface area contributed by atoms with Crippen LogP contribution in [0.15, 0.2) is 53.1 Å². The Morgan fingerprint density at radius 2 is 1.96 bits per heavy atom. The van der Waals surface area contributed by atoms with Gasteiger partial charge in [-0.1, -0.05) is 18.2 Å². The summed E-state index contributed by atoms with van der Waals surface area (Å²) in [6.07, 6.45) is 5.11. The largest absolute Gasteiger partial charge is 0.460 e. The Kier molecular flexibility index (Phi) is 4.37. The summed E-state index contributed by atoms with van der Waals surface area (Å²) in [6, 6.07) is 13.9. The number of rotatable bonds is 3. The van der Waals surface area contributed by atoms with Gasteiger partial charge in [0.15, 0.2) is 5.76 Å². The summed E-state index contributed by atoms with van der Waals surface area (Å²) in [7, 11) is 0. The van der Waals surface area contributed by atoms with Gasteiger partial charge in [0.25, 0.3) is 5.91 Å². The molecule has 1 unspecified atom stereocenters. The zero-order valence-corrected chi connectivity index (χ0v) is 15.2. The first-order valence-corrected chi connectivity index (χ1v) is 9.16. The molecule has 5 nitrogen and oxygen atoms in total. The van der Waals surface area contributed by atoms with Crippen LogP contribution in [-0.2, 0) is 0 Å². The first-order chi connectivity index (χ1) is 12.6. The molecule has 134 valence electrons. The third-order valence-electron chi connectivity index (χ3n) is 5.00. The lowest BCUT2D eigenvalue weighted by atomic mass is 10.0. The minimum atomic E-state index is 0.0310. The standard InChI is InChI=1S/C21H23N3O2/c1-15-8-6-7-13-23(15)21(25)18-14-24(17-9-4-3-5-10-17)22-20(18)19-12-11-16(2)26-19/h3-5,9-12,14-15H,6-8,13H2,1-2H3. The van der Waals surface area contributed by atoms with Crippen molar-refractivity contribution < 1.29 is 9.21 Å². The second-order valence-corrected chi connectivity index (χ2v) is 6.93. The number of hydrogen-bond acceptors (Lipinski definition) is 3. The predicted molar refractivity (Wildman–Crippen MR) is 100 cm³/mol. The van der Waals surface area contributed by atoms with E-state index in [9.17, 15) is 4.79 Å². The number of hydrogen-bond donors (Lipinski definition) is 0. The van der Waals surface area contributed by atoms with Crippen LogP contribution in [-0.4, -0.2) is 33.2 Å². The van der Waals surface area contributed by atoms with Crippen molar-refractivity contribution in [1.82, 2.24) is 14.7 Å². The van der Waals surface area contributed by atoms with Crippen molar-refractivity contribution in [1.29, 1.82) is 0 Å². The highest BCUT2D eigenvalue weighted by Gasteiger charge is 2.29. The van der Waals surface area contributed by atoms with E-state index >= 15 is 0 Å². The molecule has 3 heterocycles. The van der Waals surface area contributed by atoms with Gasteiger partial charge in [0, 0.05) is 18.8 Å². The minimum Gasteiger partial charge on any atom is -0.460 e. The number of aryl methyl sites for hydroxylation is 1. The minimum absolute atomic E-state index is 0.0310. The zero-order valence-electron chi connectivity index (χ0n) is 15.2. The van der Waals surface area contributed by atoms with E-state index in [1.54, 1.807) is 4.68 Å². The van der Waals surface area contributed by atoms with E-state index < -0.39 is 0 Å². The average molecular weight is 349 g/mol. The number of amides is 1. The lowest BCUT2D eigenvalue weighted by Crippen LogP contribution is -2.42. The molecule has 0 N–H and O–H groups in total. The molecule has 0 aliphatic carbocycles. The number of piperidine rings is 1.